The predicted molar refractivity (Wildman–Crippen MR) is 64.2 cm³/mol. The van der Waals surface area contributed by atoms with Crippen molar-refractivity contribution in [2.45, 2.75) is 32.5 Å². The molecule has 2 nitrogen and oxygen atoms in total. The molecular formula is C12H18ClNO. The standard InChI is InChI=1S/C12H18ClNO/c1-9(2)15-12(8-14)7-10-3-5-11(13)6-4-10/h3-6,9,12H,7-8,14H2,1-2H3. The first kappa shape index (κ1) is 12.5. The summed E-state index contributed by atoms with van der Waals surface area (Å²) in [6, 6.07) is 7.79. The van der Waals surface area contributed by atoms with Crippen molar-refractivity contribution in [1.29, 1.82) is 0 Å². The van der Waals surface area contributed by atoms with Gasteiger partial charge in [0.25, 0.3) is 0 Å². The number of hydrogen-bond donors (Lipinski definition) is 1. The maximum atomic E-state index is 5.81. The second-order valence-corrected chi connectivity index (χ2v) is 4.31. The summed E-state index contributed by atoms with van der Waals surface area (Å²) in [6.45, 7) is 4.58. The van der Waals surface area contributed by atoms with Crippen molar-refractivity contribution in [3.8, 4) is 0 Å². The van der Waals surface area contributed by atoms with Gasteiger partial charge in [0.1, 0.15) is 0 Å². The molecule has 0 bridgehead atoms. The zero-order valence-electron chi connectivity index (χ0n) is 9.24. The molecule has 2 N–H and O–H groups in total. The van der Waals surface area contributed by atoms with Gasteiger partial charge in [-0.3, -0.25) is 0 Å². The SMILES string of the molecule is CC(C)OC(CN)Cc1ccc(Cl)cc1. The van der Waals surface area contributed by atoms with Gasteiger partial charge < -0.3 is 10.5 Å². The summed E-state index contributed by atoms with van der Waals surface area (Å²) in [5.41, 5.74) is 6.85. The van der Waals surface area contributed by atoms with E-state index in [0.717, 1.165) is 11.4 Å². The van der Waals surface area contributed by atoms with Crippen LogP contribution in [0.5, 0.6) is 0 Å². The summed E-state index contributed by atoms with van der Waals surface area (Å²) in [5.74, 6) is 0. The van der Waals surface area contributed by atoms with Crippen LogP contribution in [0.2, 0.25) is 5.02 Å². The molecule has 0 aromatic heterocycles. The van der Waals surface area contributed by atoms with Gasteiger partial charge in [-0.15, -0.1) is 0 Å². The normalized spacial score (nSPS) is 13.1. The molecule has 1 unspecified atom stereocenters. The van der Waals surface area contributed by atoms with Crippen LogP contribution < -0.4 is 5.73 Å². The quantitative estimate of drug-likeness (QED) is 0.840. The zero-order chi connectivity index (χ0) is 11.3. The Kier molecular flexibility index (Phi) is 5.09. The van der Waals surface area contributed by atoms with Crippen LogP contribution in [0.15, 0.2) is 24.3 Å². The van der Waals surface area contributed by atoms with Gasteiger partial charge in [-0.05, 0) is 38.0 Å². The number of nitrogens with two attached hydrogens (primary N) is 1. The number of ether oxygens (including phenoxy) is 1. The second-order valence-electron chi connectivity index (χ2n) is 3.87. The minimum atomic E-state index is 0.0891. The molecule has 0 aliphatic rings. The van der Waals surface area contributed by atoms with E-state index in [4.69, 9.17) is 22.1 Å². The molecule has 1 aromatic rings. The maximum absolute atomic E-state index is 5.81. The Morgan fingerprint density at radius 2 is 1.87 bits per heavy atom. The highest BCUT2D eigenvalue weighted by atomic mass is 35.5. The van der Waals surface area contributed by atoms with Crippen LogP contribution in [0.25, 0.3) is 0 Å². The number of hydrogen-bond acceptors (Lipinski definition) is 2. The fourth-order valence-corrected chi connectivity index (χ4v) is 1.58. The van der Waals surface area contributed by atoms with Crippen molar-refractivity contribution >= 4 is 11.6 Å². The molecule has 84 valence electrons. The lowest BCUT2D eigenvalue weighted by Gasteiger charge is -2.18. The second kappa shape index (κ2) is 6.11. The number of rotatable bonds is 5. The molecule has 1 atom stereocenters. The van der Waals surface area contributed by atoms with Gasteiger partial charge in [0.2, 0.25) is 0 Å². The smallest absolute Gasteiger partial charge is 0.0740 e. The van der Waals surface area contributed by atoms with Crippen molar-refractivity contribution < 1.29 is 4.74 Å². The molecule has 0 fully saturated rings. The van der Waals surface area contributed by atoms with Crippen molar-refractivity contribution in [3.63, 3.8) is 0 Å². The van der Waals surface area contributed by atoms with Crippen LogP contribution in [0.1, 0.15) is 19.4 Å². The van der Waals surface area contributed by atoms with Gasteiger partial charge in [0, 0.05) is 11.6 Å². The van der Waals surface area contributed by atoms with Gasteiger partial charge in [0.15, 0.2) is 0 Å². The highest BCUT2D eigenvalue weighted by Crippen LogP contribution is 2.12. The minimum Gasteiger partial charge on any atom is -0.374 e. The average Bonchev–Trinajstić information content (AvgIpc) is 2.19. The molecule has 0 aliphatic carbocycles. The van der Waals surface area contributed by atoms with E-state index in [2.05, 4.69) is 0 Å². The monoisotopic (exact) mass is 227 g/mol. The minimum absolute atomic E-state index is 0.0891. The van der Waals surface area contributed by atoms with E-state index in [1.807, 2.05) is 38.1 Å². The van der Waals surface area contributed by atoms with Gasteiger partial charge in [-0.25, -0.2) is 0 Å². The van der Waals surface area contributed by atoms with E-state index < -0.39 is 0 Å². The summed E-state index contributed by atoms with van der Waals surface area (Å²) in [6.07, 6.45) is 1.14. The van der Waals surface area contributed by atoms with Gasteiger partial charge in [-0.2, -0.15) is 0 Å². The number of halogens is 1. The molecule has 0 heterocycles. The molecule has 1 aromatic carbocycles. The van der Waals surface area contributed by atoms with Crippen LogP contribution in [-0.2, 0) is 11.2 Å². The first-order chi connectivity index (χ1) is 7.11. The average molecular weight is 228 g/mol. The molecule has 15 heavy (non-hydrogen) atoms. The van der Waals surface area contributed by atoms with E-state index in [1.54, 1.807) is 0 Å². The first-order valence-corrected chi connectivity index (χ1v) is 5.59. The van der Waals surface area contributed by atoms with Crippen molar-refractivity contribution in [3.05, 3.63) is 34.9 Å². The Morgan fingerprint density at radius 3 is 2.33 bits per heavy atom. The van der Waals surface area contributed by atoms with Crippen LogP contribution in [0.4, 0.5) is 0 Å². The summed E-state index contributed by atoms with van der Waals surface area (Å²) in [4.78, 5) is 0. The lowest BCUT2D eigenvalue weighted by Crippen LogP contribution is -2.28. The Morgan fingerprint density at radius 1 is 1.27 bits per heavy atom. The van der Waals surface area contributed by atoms with E-state index in [0.29, 0.717) is 6.54 Å². The first-order valence-electron chi connectivity index (χ1n) is 5.21. The van der Waals surface area contributed by atoms with Crippen molar-refractivity contribution in [2.24, 2.45) is 5.73 Å². The molecule has 3 heteroatoms. The van der Waals surface area contributed by atoms with E-state index >= 15 is 0 Å². The Hall–Kier alpha value is -0.570. The molecular weight excluding hydrogens is 210 g/mol. The van der Waals surface area contributed by atoms with Crippen LogP contribution in [0.3, 0.4) is 0 Å². The topological polar surface area (TPSA) is 35.2 Å². The van der Waals surface area contributed by atoms with Crippen LogP contribution in [0, 0.1) is 0 Å². The van der Waals surface area contributed by atoms with E-state index in [1.165, 1.54) is 5.56 Å². The number of benzene rings is 1. The summed E-state index contributed by atoms with van der Waals surface area (Å²) in [7, 11) is 0. The third kappa shape index (κ3) is 4.65. The van der Waals surface area contributed by atoms with Crippen molar-refractivity contribution in [2.75, 3.05) is 6.54 Å². The Balaban J connectivity index is 2.54. The third-order valence-electron chi connectivity index (χ3n) is 2.10. The summed E-state index contributed by atoms with van der Waals surface area (Å²) >= 11 is 5.81. The highest BCUT2D eigenvalue weighted by molar-refractivity contribution is 6.30. The van der Waals surface area contributed by atoms with E-state index in [9.17, 15) is 0 Å². The van der Waals surface area contributed by atoms with E-state index in [-0.39, 0.29) is 12.2 Å². The van der Waals surface area contributed by atoms with Crippen molar-refractivity contribution in [1.82, 2.24) is 0 Å². The largest absolute Gasteiger partial charge is 0.374 e. The van der Waals surface area contributed by atoms with Crippen LogP contribution in [-0.4, -0.2) is 18.8 Å². The third-order valence-corrected chi connectivity index (χ3v) is 2.36. The summed E-state index contributed by atoms with van der Waals surface area (Å²) < 4.78 is 5.68. The summed E-state index contributed by atoms with van der Waals surface area (Å²) in [5, 5.41) is 0.757. The van der Waals surface area contributed by atoms with Gasteiger partial charge >= 0.3 is 0 Å². The predicted octanol–water partition coefficient (Wildman–Crippen LogP) is 2.63. The molecule has 0 saturated carbocycles. The molecule has 1 rings (SSSR count). The fraction of sp³-hybridized carbons (Fsp3) is 0.500. The highest BCUT2D eigenvalue weighted by Gasteiger charge is 2.09. The Labute approximate surface area is 96.4 Å². The lowest BCUT2D eigenvalue weighted by atomic mass is 10.1. The molecule has 0 spiro atoms. The zero-order valence-corrected chi connectivity index (χ0v) is 10.00. The Bertz CT molecular complexity index is 284. The molecule has 0 aliphatic heterocycles. The van der Waals surface area contributed by atoms with Crippen LogP contribution >= 0.6 is 11.6 Å². The maximum Gasteiger partial charge on any atom is 0.0740 e. The molecule has 0 radical (unpaired) electrons. The fourth-order valence-electron chi connectivity index (χ4n) is 1.46. The molecule has 0 amide bonds. The van der Waals surface area contributed by atoms with Gasteiger partial charge in [0.05, 0.1) is 12.2 Å². The lowest BCUT2D eigenvalue weighted by molar-refractivity contribution is 0.0137. The molecule has 0 saturated heterocycles. The van der Waals surface area contributed by atoms with Gasteiger partial charge in [-0.1, -0.05) is 23.7 Å².